The van der Waals surface area contributed by atoms with E-state index in [2.05, 4.69) is 12.8 Å². The van der Waals surface area contributed by atoms with Crippen LogP contribution in [0.1, 0.15) is 103 Å². The molecule has 0 radical (unpaired) electrons. The Hall–Kier alpha value is -1.01. The zero-order valence-corrected chi connectivity index (χ0v) is 16.2. The van der Waals surface area contributed by atoms with E-state index in [0.717, 1.165) is 38.5 Å². The predicted octanol–water partition coefficient (Wildman–Crippen LogP) is 5.39. The Morgan fingerprint density at radius 1 is 1.04 bits per heavy atom. The molecule has 1 rings (SSSR count). The van der Waals surface area contributed by atoms with Gasteiger partial charge in [0.25, 0.3) is 0 Å². The van der Waals surface area contributed by atoms with E-state index in [1.165, 1.54) is 51.4 Å². The first-order valence-corrected chi connectivity index (χ1v) is 10.5. The minimum atomic E-state index is -0.337. The van der Waals surface area contributed by atoms with Gasteiger partial charge in [0.2, 0.25) is 0 Å². The Kier molecular flexibility index (Phi) is 12.5. The van der Waals surface area contributed by atoms with Gasteiger partial charge in [-0.15, -0.1) is 12.3 Å². The molecule has 0 aromatic carbocycles. The minimum Gasteiger partial charge on any atom is -0.461 e. The molecular formula is C22H38O3. The summed E-state index contributed by atoms with van der Waals surface area (Å²) in [4.78, 5) is 11.6. The molecule has 1 aliphatic rings. The Morgan fingerprint density at radius 2 is 1.68 bits per heavy atom. The fraction of sp³-hybridized carbons (Fsp3) is 0.864. The maximum absolute atomic E-state index is 11.6. The molecule has 1 N–H and O–H groups in total. The largest absolute Gasteiger partial charge is 0.461 e. The highest BCUT2D eigenvalue weighted by Gasteiger charge is 2.42. The van der Waals surface area contributed by atoms with Gasteiger partial charge in [-0.3, -0.25) is 4.79 Å². The summed E-state index contributed by atoms with van der Waals surface area (Å²) in [5, 5.41) is 10.2. The third kappa shape index (κ3) is 9.90. The van der Waals surface area contributed by atoms with Crippen LogP contribution in [0, 0.1) is 18.3 Å². The topological polar surface area (TPSA) is 46.5 Å². The van der Waals surface area contributed by atoms with Crippen LogP contribution in [0.15, 0.2) is 0 Å². The Bertz CT molecular complexity index is 385. The predicted molar refractivity (Wildman–Crippen MR) is 103 cm³/mol. The summed E-state index contributed by atoms with van der Waals surface area (Å²) in [7, 11) is 0. The molecule has 0 bridgehead atoms. The lowest BCUT2D eigenvalue weighted by molar-refractivity contribution is -0.188. The quantitative estimate of drug-likeness (QED) is 0.230. The number of unbranched alkanes of at least 4 members (excludes halogenated alkanes) is 10. The van der Waals surface area contributed by atoms with E-state index in [-0.39, 0.29) is 24.1 Å². The van der Waals surface area contributed by atoms with Crippen LogP contribution >= 0.6 is 0 Å². The maximum atomic E-state index is 11.6. The van der Waals surface area contributed by atoms with E-state index in [1.54, 1.807) is 0 Å². The average Bonchev–Trinajstić information content (AvgIpc) is 2.59. The molecule has 1 heterocycles. The van der Waals surface area contributed by atoms with E-state index in [1.807, 2.05) is 0 Å². The van der Waals surface area contributed by atoms with Crippen molar-refractivity contribution < 1.29 is 14.6 Å². The van der Waals surface area contributed by atoms with Crippen LogP contribution < -0.4 is 0 Å². The summed E-state index contributed by atoms with van der Waals surface area (Å²) in [6.45, 7) is 2.25. The number of rotatable bonds is 16. The molecule has 3 nitrogen and oxygen atoms in total. The maximum Gasteiger partial charge on any atom is 0.313 e. The second-order valence-electron chi connectivity index (χ2n) is 7.54. The second-order valence-corrected chi connectivity index (χ2v) is 7.54. The highest BCUT2D eigenvalue weighted by molar-refractivity contribution is 5.78. The van der Waals surface area contributed by atoms with Crippen molar-refractivity contribution in [2.24, 2.45) is 5.92 Å². The summed E-state index contributed by atoms with van der Waals surface area (Å²) in [6.07, 6.45) is 21.4. The zero-order valence-electron chi connectivity index (χ0n) is 16.2. The summed E-state index contributed by atoms with van der Waals surface area (Å²) in [5.74, 6) is 2.51. The number of ether oxygens (including phenoxy) is 1. The van der Waals surface area contributed by atoms with E-state index < -0.39 is 0 Å². The fourth-order valence-corrected chi connectivity index (χ4v) is 3.58. The second kappa shape index (κ2) is 14.2. The summed E-state index contributed by atoms with van der Waals surface area (Å²) in [5.41, 5.74) is 0. The summed E-state index contributed by atoms with van der Waals surface area (Å²) < 4.78 is 5.23. The number of terminal acetylenes is 1. The normalized spacial score (nSPS) is 20.6. The van der Waals surface area contributed by atoms with Crippen molar-refractivity contribution in [2.45, 2.75) is 115 Å². The number of carbonyl (C=O) groups is 1. The highest BCUT2D eigenvalue weighted by atomic mass is 16.6. The van der Waals surface area contributed by atoms with Crippen LogP contribution in [-0.4, -0.2) is 23.3 Å². The summed E-state index contributed by atoms with van der Waals surface area (Å²) in [6, 6.07) is 0. The average molecular weight is 351 g/mol. The molecule has 3 atom stereocenters. The molecule has 25 heavy (non-hydrogen) atoms. The van der Waals surface area contributed by atoms with E-state index in [0.29, 0.717) is 6.42 Å². The van der Waals surface area contributed by atoms with Crippen molar-refractivity contribution in [2.75, 3.05) is 0 Å². The van der Waals surface area contributed by atoms with Crippen molar-refractivity contribution in [3.05, 3.63) is 0 Å². The van der Waals surface area contributed by atoms with Gasteiger partial charge in [-0.25, -0.2) is 0 Å². The standard InChI is InChI=1S/C22H38O3/c1-3-5-7-9-10-11-12-13-14-16-19(23)18-21-20(22(24)25-21)17-15-8-6-4-2/h2,19-21,23H,3,5-18H2,1H3/t19-,20+,21+/m0/s1. The van der Waals surface area contributed by atoms with Crippen LogP contribution in [0.3, 0.4) is 0 Å². The van der Waals surface area contributed by atoms with Crippen LogP contribution in [-0.2, 0) is 9.53 Å². The number of aliphatic hydroxyl groups is 1. The first kappa shape index (κ1) is 22.0. The molecular weight excluding hydrogens is 312 g/mol. The molecule has 0 unspecified atom stereocenters. The SMILES string of the molecule is C#CCCCC[C@H]1C(=O)O[C@@H]1C[C@@H](O)CCCCCCCCCCC. The van der Waals surface area contributed by atoms with Crippen LogP contribution in [0.5, 0.6) is 0 Å². The van der Waals surface area contributed by atoms with E-state index >= 15 is 0 Å². The molecule has 1 saturated heterocycles. The van der Waals surface area contributed by atoms with Crippen molar-refractivity contribution in [3.8, 4) is 12.3 Å². The number of cyclic esters (lactones) is 1. The Labute approximate surface area is 154 Å². The van der Waals surface area contributed by atoms with Crippen molar-refractivity contribution >= 4 is 5.97 Å². The minimum absolute atomic E-state index is 0.0180. The smallest absolute Gasteiger partial charge is 0.313 e. The van der Waals surface area contributed by atoms with Crippen LogP contribution in [0.25, 0.3) is 0 Å². The number of esters is 1. The molecule has 0 saturated carbocycles. The molecule has 0 spiro atoms. The lowest BCUT2D eigenvalue weighted by atomic mass is 9.86. The van der Waals surface area contributed by atoms with Crippen molar-refractivity contribution in [3.63, 3.8) is 0 Å². The molecule has 0 amide bonds. The summed E-state index contributed by atoms with van der Waals surface area (Å²) >= 11 is 0. The number of aliphatic hydroxyl groups excluding tert-OH is 1. The number of hydrogen-bond donors (Lipinski definition) is 1. The molecule has 3 heteroatoms. The molecule has 0 aliphatic carbocycles. The van der Waals surface area contributed by atoms with Crippen LogP contribution in [0.4, 0.5) is 0 Å². The van der Waals surface area contributed by atoms with Gasteiger partial charge in [0, 0.05) is 12.8 Å². The number of carbonyl (C=O) groups excluding carboxylic acids is 1. The lowest BCUT2D eigenvalue weighted by Crippen LogP contribution is -2.46. The highest BCUT2D eigenvalue weighted by Crippen LogP contribution is 2.31. The van der Waals surface area contributed by atoms with Gasteiger partial charge in [0.05, 0.1) is 12.0 Å². The number of hydrogen-bond acceptors (Lipinski definition) is 3. The van der Waals surface area contributed by atoms with E-state index in [4.69, 9.17) is 11.2 Å². The third-order valence-corrected chi connectivity index (χ3v) is 5.25. The van der Waals surface area contributed by atoms with E-state index in [9.17, 15) is 9.90 Å². The van der Waals surface area contributed by atoms with Gasteiger partial charge < -0.3 is 9.84 Å². The molecule has 1 fully saturated rings. The van der Waals surface area contributed by atoms with Gasteiger partial charge in [0.15, 0.2) is 0 Å². The van der Waals surface area contributed by atoms with Gasteiger partial charge >= 0.3 is 5.97 Å². The zero-order chi connectivity index (χ0) is 18.3. The first-order chi connectivity index (χ1) is 12.2. The molecule has 1 aliphatic heterocycles. The Balaban J connectivity index is 1.99. The fourth-order valence-electron chi connectivity index (χ4n) is 3.58. The Morgan fingerprint density at radius 3 is 2.28 bits per heavy atom. The molecule has 0 aromatic heterocycles. The molecule has 144 valence electrons. The monoisotopic (exact) mass is 350 g/mol. The van der Waals surface area contributed by atoms with Gasteiger partial charge in [0.1, 0.15) is 6.10 Å². The van der Waals surface area contributed by atoms with Crippen molar-refractivity contribution in [1.82, 2.24) is 0 Å². The first-order valence-electron chi connectivity index (χ1n) is 10.5. The van der Waals surface area contributed by atoms with Gasteiger partial charge in [-0.05, 0) is 19.3 Å². The van der Waals surface area contributed by atoms with Crippen molar-refractivity contribution in [1.29, 1.82) is 0 Å². The molecule has 0 aromatic rings. The lowest BCUT2D eigenvalue weighted by Gasteiger charge is -2.36. The van der Waals surface area contributed by atoms with Crippen LogP contribution in [0.2, 0.25) is 0 Å². The van der Waals surface area contributed by atoms with Gasteiger partial charge in [-0.1, -0.05) is 71.1 Å². The third-order valence-electron chi connectivity index (χ3n) is 5.25. The van der Waals surface area contributed by atoms with Gasteiger partial charge in [-0.2, -0.15) is 0 Å².